The largest absolute Gasteiger partial charge is 0.497 e. The first-order valence-corrected chi connectivity index (χ1v) is 10.8. The van der Waals surface area contributed by atoms with E-state index < -0.39 is 14.8 Å². The second-order valence-electron chi connectivity index (χ2n) is 6.82. The highest BCUT2D eigenvalue weighted by Gasteiger charge is 2.25. The Hall–Kier alpha value is -2.81. The number of nitrogens with zero attached hydrogens (tertiary/aromatic N) is 2. The Morgan fingerprint density at radius 2 is 1.89 bits per heavy atom. The van der Waals surface area contributed by atoms with E-state index in [2.05, 4.69) is 10.2 Å². The summed E-state index contributed by atoms with van der Waals surface area (Å²) in [5.74, 6) is 0.793. The highest BCUT2D eigenvalue weighted by molar-refractivity contribution is 7.90. The molecule has 1 aliphatic rings. The third-order valence-corrected chi connectivity index (χ3v) is 5.97. The zero-order valence-electron chi connectivity index (χ0n) is 15.8. The van der Waals surface area contributed by atoms with Crippen LogP contribution in [0.25, 0.3) is 0 Å². The molecule has 1 saturated heterocycles. The minimum Gasteiger partial charge on any atom is -0.497 e. The number of benzene rings is 2. The first-order valence-electron chi connectivity index (χ1n) is 8.92. The predicted octanol–water partition coefficient (Wildman–Crippen LogP) is 3.09. The Labute approximate surface area is 164 Å². The van der Waals surface area contributed by atoms with E-state index in [-0.39, 0.29) is 16.6 Å². The average molecular weight is 405 g/mol. The van der Waals surface area contributed by atoms with Gasteiger partial charge >= 0.3 is 0 Å². The third-order valence-electron chi connectivity index (χ3n) is 4.84. The maximum atomic E-state index is 12.0. The number of anilines is 2. The van der Waals surface area contributed by atoms with Gasteiger partial charge in [-0.15, -0.1) is 0 Å². The number of nitro groups is 1. The predicted molar refractivity (Wildman–Crippen MR) is 108 cm³/mol. The van der Waals surface area contributed by atoms with Crippen LogP contribution in [0.2, 0.25) is 0 Å². The molecule has 0 aliphatic carbocycles. The van der Waals surface area contributed by atoms with Gasteiger partial charge in [0.2, 0.25) is 0 Å². The molecule has 0 aromatic heterocycles. The second kappa shape index (κ2) is 8.05. The van der Waals surface area contributed by atoms with Crippen molar-refractivity contribution >= 4 is 26.9 Å². The molecule has 150 valence electrons. The van der Waals surface area contributed by atoms with E-state index in [1.54, 1.807) is 13.2 Å². The zero-order chi connectivity index (χ0) is 20.3. The molecule has 0 atom stereocenters. The van der Waals surface area contributed by atoms with Gasteiger partial charge in [-0.2, -0.15) is 0 Å². The summed E-state index contributed by atoms with van der Waals surface area (Å²) in [6.07, 6.45) is 2.72. The van der Waals surface area contributed by atoms with Crippen LogP contribution in [-0.4, -0.2) is 45.8 Å². The van der Waals surface area contributed by atoms with Crippen LogP contribution in [0.4, 0.5) is 17.1 Å². The summed E-state index contributed by atoms with van der Waals surface area (Å²) < 4.78 is 29.2. The minimum atomic E-state index is -3.69. The van der Waals surface area contributed by atoms with Crippen LogP contribution in [0.15, 0.2) is 47.4 Å². The lowest BCUT2D eigenvalue weighted by Crippen LogP contribution is -2.39. The monoisotopic (exact) mass is 405 g/mol. The second-order valence-corrected chi connectivity index (χ2v) is 8.80. The van der Waals surface area contributed by atoms with Crippen LogP contribution in [-0.2, 0) is 9.84 Å². The number of rotatable bonds is 6. The van der Waals surface area contributed by atoms with Gasteiger partial charge in [0, 0.05) is 48.9 Å². The summed E-state index contributed by atoms with van der Waals surface area (Å²) in [5.41, 5.74) is 1.29. The molecule has 2 aromatic rings. The van der Waals surface area contributed by atoms with Crippen molar-refractivity contribution in [3.05, 3.63) is 52.6 Å². The van der Waals surface area contributed by atoms with Crippen molar-refractivity contribution in [3.63, 3.8) is 0 Å². The first kappa shape index (κ1) is 19.9. The van der Waals surface area contributed by atoms with E-state index in [4.69, 9.17) is 4.74 Å². The molecular weight excluding hydrogens is 382 g/mol. The molecule has 1 fully saturated rings. The van der Waals surface area contributed by atoms with Crippen LogP contribution < -0.4 is 15.0 Å². The molecule has 0 unspecified atom stereocenters. The number of sulfone groups is 1. The summed E-state index contributed by atoms with van der Waals surface area (Å²) in [5, 5.41) is 14.6. The molecule has 3 rings (SSSR count). The van der Waals surface area contributed by atoms with E-state index in [0.717, 1.165) is 43.6 Å². The quantitative estimate of drug-likeness (QED) is 0.582. The fourth-order valence-corrected chi connectivity index (χ4v) is 4.24. The number of methoxy groups -OCH3 is 1. The Balaban J connectivity index is 1.70. The molecule has 0 amide bonds. The topological polar surface area (TPSA) is 102 Å². The van der Waals surface area contributed by atoms with Crippen LogP contribution in [0.1, 0.15) is 12.8 Å². The van der Waals surface area contributed by atoms with Gasteiger partial charge in [-0.25, -0.2) is 8.42 Å². The molecule has 8 nitrogen and oxygen atoms in total. The van der Waals surface area contributed by atoms with Gasteiger partial charge in [-0.1, -0.05) is 6.07 Å². The van der Waals surface area contributed by atoms with Gasteiger partial charge in [-0.05, 0) is 37.1 Å². The van der Waals surface area contributed by atoms with Gasteiger partial charge in [0.1, 0.15) is 10.6 Å². The number of hydrogen-bond donors (Lipinski definition) is 1. The Kier molecular flexibility index (Phi) is 5.73. The van der Waals surface area contributed by atoms with E-state index >= 15 is 0 Å². The van der Waals surface area contributed by atoms with Crippen LogP contribution in [0.3, 0.4) is 0 Å². The third kappa shape index (κ3) is 4.53. The average Bonchev–Trinajstić information content (AvgIpc) is 2.67. The lowest BCUT2D eigenvalue weighted by Gasteiger charge is -2.34. The SMILES string of the molecule is COc1cccc(NC2CCN(c3ccc([N+](=O)[O-])c(S(C)(=O)=O)c3)CC2)c1. The molecular formula is C19H23N3O5S. The van der Waals surface area contributed by atoms with Gasteiger partial charge in [0.15, 0.2) is 9.84 Å². The fourth-order valence-electron chi connectivity index (χ4n) is 3.38. The van der Waals surface area contributed by atoms with Crippen molar-refractivity contribution < 1.29 is 18.1 Å². The van der Waals surface area contributed by atoms with Crippen LogP contribution in [0, 0.1) is 10.1 Å². The van der Waals surface area contributed by atoms with Crippen LogP contribution in [0.5, 0.6) is 5.75 Å². The summed E-state index contributed by atoms with van der Waals surface area (Å²) in [6.45, 7) is 1.45. The molecule has 0 radical (unpaired) electrons. The van der Waals surface area contributed by atoms with Gasteiger partial charge < -0.3 is 15.0 Å². The molecule has 1 heterocycles. The number of nitrogens with one attached hydrogen (secondary N) is 1. The van der Waals surface area contributed by atoms with E-state index in [9.17, 15) is 18.5 Å². The molecule has 0 spiro atoms. The van der Waals surface area contributed by atoms with Crippen molar-refractivity contribution in [2.24, 2.45) is 0 Å². The summed E-state index contributed by atoms with van der Waals surface area (Å²) in [6, 6.07) is 12.3. The maximum absolute atomic E-state index is 12.0. The van der Waals surface area contributed by atoms with Crippen LogP contribution >= 0.6 is 0 Å². The Bertz CT molecular complexity index is 969. The van der Waals surface area contributed by atoms with Gasteiger partial charge in [-0.3, -0.25) is 10.1 Å². The Morgan fingerprint density at radius 3 is 2.50 bits per heavy atom. The van der Waals surface area contributed by atoms with Crippen molar-refractivity contribution in [1.29, 1.82) is 0 Å². The van der Waals surface area contributed by atoms with E-state index in [1.807, 2.05) is 24.3 Å². The molecule has 9 heteroatoms. The van der Waals surface area contributed by atoms with Gasteiger partial charge in [0.25, 0.3) is 5.69 Å². The summed E-state index contributed by atoms with van der Waals surface area (Å²) in [7, 11) is -2.06. The number of nitro benzene ring substituents is 1. The van der Waals surface area contributed by atoms with Gasteiger partial charge in [0.05, 0.1) is 12.0 Å². The van der Waals surface area contributed by atoms with Crippen molar-refractivity contribution in [2.45, 2.75) is 23.8 Å². The lowest BCUT2D eigenvalue weighted by atomic mass is 10.0. The number of ether oxygens (including phenoxy) is 1. The molecule has 0 saturated carbocycles. The van der Waals surface area contributed by atoms with Crippen molar-refractivity contribution in [3.8, 4) is 5.75 Å². The van der Waals surface area contributed by atoms with E-state index in [0.29, 0.717) is 5.69 Å². The van der Waals surface area contributed by atoms with Crippen molar-refractivity contribution in [1.82, 2.24) is 0 Å². The molecule has 1 N–H and O–H groups in total. The summed E-state index contributed by atoms with van der Waals surface area (Å²) in [4.78, 5) is 12.3. The lowest BCUT2D eigenvalue weighted by molar-refractivity contribution is -0.387. The normalized spacial score (nSPS) is 15.3. The number of piperidine rings is 1. The highest BCUT2D eigenvalue weighted by atomic mass is 32.2. The maximum Gasteiger partial charge on any atom is 0.288 e. The van der Waals surface area contributed by atoms with Crippen molar-refractivity contribution in [2.75, 3.05) is 36.7 Å². The molecule has 2 aromatic carbocycles. The smallest absolute Gasteiger partial charge is 0.288 e. The molecule has 0 bridgehead atoms. The Morgan fingerprint density at radius 1 is 1.18 bits per heavy atom. The first-order chi connectivity index (χ1) is 13.3. The zero-order valence-corrected chi connectivity index (χ0v) is 16.6. The minimum absolute atomic E-state index is 0.244. The molecule has 1 aliphatic heterocycles. The van der Waals surface area contributed by atoms with E-state index in [1.165, 1.54) is 12.1 Å². The summed E-state index contributed by atoms with van der Waals surface area (Å²) >= 11 is 0. The number of hydrogen-bond acceptors (Lipinski definition) is 7. The fraction of sp³-hybridized carbons (Fsp3) is 0.368. The molecule has 28 heavy (non-hydrogen) atoms. The standard InChI is InChI=1S/C19H23N3O5S/c1-27-17-5-3-4-15(12-17)20-14-8-10-21(11-9-14)16-6-7-18(22(23)24)19(13-16)28(2,25)26/h3-7,12-14,20H,8-11H2,1-2H3. The highest BCUT2D eigenvalue weighted by Crippen LogP contribution is 2.30.